The molecule has 4 rings (SSSR count). The molecule has 1 aliphatic heterocycles. The summed E-state index contributed by atoms with van der Waals surface area (Å²) >= 11 is 6.26. The fraction of sp³-hybridized carbons (Fsp3) is 0.364. The zero-order valence-electron chi connectivity index (χ0n) is 15.2. The maximum Gasteiger partial charge on any atom is 0.138 e. The van der Waals surface area contributed by atoms with Crippen molar-refractivity contribution in [3.8, 4) is 5.75 Å². The van der Waals surface area contributed by atoms with Gasteiger partial charge in [-0.05, 0) is 49.7 Å². The lowest BCUT2D eigenvalue weighted by Gasteiger charge is -2.26. The van der Waals surface area contributed by atoms with Crippen LogP contribution in [0.4, 0.5) is 0 Å². The van der Waals surface area contributed by atoms with E-state index in [1.54, 1.807) is 0 Å². The molecule has 3 nitrogen and oxygen atoms in total. The molecular weight excluding hydrogens is 344 g/mol. The molecule has 0 unspecified atom stereocenters. The Bertz CT molecular complexity index is 896. The lowest BCUT2D eigenvalue weighted by atomic mass is 10.1. The first-order valence-electron chi connectivity index (χ1n) is 9.39. The summed E-state index contributed by atoms with van der Waals surface area (Å²) in [5.74, 6) is 0.739. The van der Waals surface area contributed by atoms with E-state index >= 15 is 0 Å². The van der Waals surface area contributed by atoms with Crippen molar-refractivity contribution in [2.75, 3.05) is 13.1 Å². The van der Waals surface area contributed by atoms with Gasteiger partial charge in [0.2, 0.25) is 0 Å². The summed E-state index contributed by atoms with van der Waals surface area (Å²) in [4.78, 5) is 2.57. The first-order chi connectivity index (χ1) is 12.7. The number of benzene rings is 2. The molecule has 2 aromatic carbocycles. The van der Waals surface area contributed by atoms with Crippen molar-refractivity contribution < 1.29 is 4.74 Å². The van der Waals surface area contributed by atoms with Crippen molar-refractivity contribution in [2.45, 2.75) is 32.4 Å². The highest BCUT2D eigenvalue weighted by atomic mass is 35.5. The maximum absolute atomic E-state index is 6.26. The van der Waals surface area contributed by atoms with E-state index in [2.05, 4.69) is 40.8 Å². The van der Waals surface area contributed by atoms with Gasteiger partial charge in [0.25, 0.3) is 0 Å². The summed E-state index contributed by atoms with van der Waals surface area (Å²) < 4.78 is 8.36. The van der Waals surface area contributed by atoms with Gasteiger partial charge in [-0.3, -0.25) is 4.90 Å². The standard InChI is InChI=1S/C22H25ClN2O/c1-24-20-11-5-3-9-17(20)18(15-25-13-7-2-8-14-25)21(24)16-26-22-12-6-4-10-19(22)23/h3-6,9-12H,2,7-8,13-16H2,1H3. The third kappa shape index (κ3) is 3.46. The van der Waals surface area contributed by atoms with E-state index in [4.69, 9.17) is 16.3 Å². The van der Waals surface area contributed by atoms with Gasteiger partial charge in [-0.15, -0.1) is 0 Å². The number of ether oxygens (including phenoxy) is 1. The summed E-state index contributed by atoms with van der Waals surface area (Å²) in [6.07, 6.45) is 3.96. The van der Waals surface area contributed by atoms with Crippen molar-refractivity contribution >= 4 is 22.5 Å². The van der Waals surface area contributed by atoms with Crippen LogP contribution in [-0.2, 0) is 20.2 Å². The fourth-order valence-electron chi connectivity index (χ4n) is 3.93. The number of nitrogens with zero attached hydrogens (tertiary/aromatic N) is 2. The van der Waals surface area contributed by atoms with Crippen molar-refractivity contribution in [2.24, 2.45) is 7.05 Å². The Morgan fingerprint density at radius 3 is 2.50 bits per heavy atom. The quantitative estimate of drug-likeness (QED) is 0.600. The molecule has 0 saturated carbocycles. The van der Waals surface area contributed by atoms with Gasteiger partial charge in [0.1, 0.15) is 12.4 Å². The molecule has 0 amide bonds. The first-order valence-corrected chi connectivity index (χ1v) is 9.76. The smallest absolute Gasteiger partial charge is 0.138 e. The lowest BCUT2D eigenvalue weighted by molar-refractivity contribution is 0.218. The van der Waals surface area contributed by atoms with Gasteiger partial charge >= 0.3 is 0 Å². The molecule has 1 aliphatic rings. The van der Waals surface area contributed by atoms with E-state index in [1.807, 2.05) is 24.3 Å². The van der Waals surface area contributed by atoms with Gasteiger partial charge in [-0.2, -0.15) is 0 Å². The summed E-state index contributed by atoms with van der Waals surface area (Å²) in [6.45, 7) is 3.89. The number of hydrogen-bond donors (Lipinski definition) is 0. The molecule has 1 aromatic heterocycles. The van der Waals surface area contributed by atoms with Crippen LogP contribution >= 0.6 is 11.6 Å². The molecule has 4 heteroatoms. The lowest BCUT2D eigenvalue weighted by Crippen LogP contribution is -2.29. The Balaban J connectivity index is 1.66. The van der Waals surface area contributed by atoms with Crippen molar-refractivity contribution in [3.05, 3.63) is 64.8 Å². The van der Waals surface area contributed by atoms with E-state index in [0.717, 1.165) is 12.3 Å². The Morgan fingerprint density at radius 1 is 0.962 bits per heavy atom. The summed E-state index contributed by atoms with van der Waals surface area (Å²) in [7, 11) is 2.13. The monoisotopic (exact) mass is 368 g/mol. The molecule has 0 bridgehead atoms. The number of piperidine rings is 1. The Hall–Kier alpha value is -1.97. The van der Waals surface area contributed by atoms with Crippen LogP contribution in [-0.4, -0.2) is 22.6 Å². The highest BCUT2D eigenvalue weighted by Gasteiger charge is 2.19. The Kier molecular flexibility index (Phi) is 5.18. The highest BCUT2D eigenvalue weighted by Crippen LogP contribution is 2.30. The highest BCUT2D eigenvalue weighted by molar-refractivity contribution is 6.32. The van der Waals surface area contributed by atoms with Crippen LogP contribution in [0.2, 0.25) is 5.02 Å². The number of aromatic nitrogens is 1. The molecular formula is C22H25ClN2O. The summed E-state index contributed by atoms with van der Waals surface area (Å²) in [5, 5.41) is 1.99. The van der Waals surface area contributed by atoms with Crippen LogP contribution in [0.5, 0.6) is 5.75 Å². The number of hydrogen-bond acceptors (Lipinski definition) is 2. The molecule has 1 fully saturated rings. The van der Waals surface area contributed by atoms with Crippen molar-refractivity contribution in [1.29, 1.82) is 0 Å². The molecule has 0 spiro atoms. The normalized spacial score (nSPS) is 15.5. The minimum Gasteiger partial charge on any atom is -0.486 e. The zero-order valence-corrected chi connectivity index (χ0v) is 16.0. The predicted octanol–water partition coefficient (Wildman–Crippen LogP) is 5.40. The zero-order chi connectivity index (χ0) is 17.9. The second-order valence-corrected chi connectivity index (χ2v) is 7.46. The number of fused-ring (bicyclic) bond motifs is 1. The maximum atomic E-state index is 6.26. The van der Waals surface area contributed by atoms with Crippen molar-refractivity contribution in [1.82, 2.24) is 9.47 Å². The molecule has 0 N–H and O–H groups in total. The number of rotatable bonds is 5. The third-order valence-corrected chi connectivity index (χ3v) is 5.69. The first kappa shape index (κ1) is 17.4. The average molecular weight is 369 g/mol. The van der Waals surface area contributed by atoms with Gasteiger partial charge in [-0.25, -0.2) is 0 Å². The second-order valence-electron chi connectivity index (χ2n) is 7.06. The van der Waals surface area contributed by atoms with Gasteiger partial charge in [0, 0.05) is 24.5 Å². The molecule has 1 saturated heterocycles. The van der Waals surface area contributed by atoms with Crippen LogP contribution in [0.1, 0.15) is 30.5 Å². The Labute approximate surface area is 160 Å². The molecule has 136 valence electrons. The minimum atomic E-state index is 0.526. The third-order valence-electron chi connectivity index (χ3n) is 5.38. The van der Waals surface area contributed by atoms with Crippen LogP contribution in [0.25, 0.3) is 10.9 Å². The van der Waals surface area contributed by atoms with Crippen LogP contribution in [0, 0.1) is 0 Å². The molecule has 0 atom stereocenters. The summed E-state index contributed by atoms with van der Waals surface area (Å²) in [5.41, 5.74) is 3.88. The van der Waals surface area contributed by atoms with Gasteiger partial charge in [0.05, 0.1) is 10.7 Å². The topological polar surface area (TPSA) is 17.4 Å². The van der Waals surface area contributed by atoms with E-state index in [1.165, 1.54) is 54.5 Å². The predicted molar refractivity (Wildman–Crippen MR) is 108 cm³/mol. The molecule has 2 heterocycles. The van der Waals surface area contributed by atoms with Gasteiger partial charge < -0.3 is 9.30 Å². The molecule has 3 aromatic rings. The molecule has 0 aliphatic carbocycles. The van der Waals surface area contributed by atoms with Crippen LogP contribution in [0.3, 0.4) is 0 Å². The fourth-order valence-corrected chi connectivity index (χ4v) is 4.12. The van der Waals surface area contributed by atoms with E-state index in [0.29, 0.717) is 11.6 Å². The van der Waals surface area contributed by atoms with E-state index < -0.39 is 0 Å². The number of likely N-dealkylation sites (tertiary alicyclic amines) is 1. The number of halogens is 1. The Morgan fingerprint density at radius 2 is 1.69 bits per heavy atom. The number of aryl methyl sites for hydroxylation is 1. The van der Waals surface area contributed by atoms with Crippen LogP contribution < -0.4 is 4.74 Å². The summed E-state index contributed by atoms with van der Waals surface area (Å²) in [6, 6.07) is 16.3. The van der Waals surface area contributed by atoms with Gasteiger partial charge in [-0.1, -0.05) is 48.4 Å². The van der Waals surface area contributed by atoms with E-state index in [-0.39, 0.29) is 0 Å². The van der Waals surface area contributed by atoms with E-state index in [9.17, 15) is 0 Å². The largest absolute Gasteiger partial charge is 0.486 e. The molecule has 26 heavy (non-hydrogen) atoms. The van der Waals surface area contributed by atoms with Crippen LogP contribution in [0.15, 0.2) is 48.5 Å². The number of para-hydroxylation sites is 2. The SMILES string of the molecule is Cn1c(COc2ccccc2Cl)c(CN2CCCCC2)c2ccccc21. The average Bonchev–Trinajstić information content (AvgIpc) is 2.94. The second kappa shape index (κ2) is 7.73. The van der Waals surface area contributed by atoms with Crippen molar-refractivity contribution in [3.63, 3.8) is 0 Å². The minimum absolute atomic E-state index is 0.526. The van der Waals surface area contributed by atoms with Gasteiger partial charge in [0.15, 0.2) is 0 Å². The molecule has 0 radical (unpaired) electrons.